The zero-order valence-electron chi connectivity index (χ0n) is 12.4. The molecule has 2 N–H and O–H groups in total. The van der Waals surface area contributed by atoms with Gasteiger partial charge in [-0.25, -0.2) is 4.98 Å². The van der Waals surface area contributed by atoms with Crippen LogP contribution in [0.15, 0.2) is 12.1 Å². The number of nitrogens with two attached hydrogens (primary N) is 1. The summed E-state index contributed by atoms with van der Waals surface area (Å²) in [5, 5.41) is -0.365. The Labute approximate surface area is 127 Å². The summed E-state index contributed by atoms with van der Waals surface area (Å²) in [5.74, 6) is 1.24. The Kier molecular flexibility index (Phi) is 4.27. The highest BCUT2D eigenvalue weighted by atomic mass is 35.5. The number of methoxy groups -OCH3 is 2. The smallest absolute Gasteiger partial charge is 0.240 e. The van der Waals surface area contributed by atoms with Crippen LogP contribution in [-0.2, 0) is 4.79 Å². The van der Waals surface area contributed by atoms with E-state index in [1.54, 1.807) is 44.8 Å². The van der Waals surface area contributed by atoms with Gasteiger partial charge < -0.3 is 19.8 Å². The van der Waals surface area contributed by atoms with Crippen molar-refractivity contribution in [2.45, 2.75) is 25.3 Å². The van der Waals surface area contributed by atoms with Gasteiger partial charge in [-0.2, -0.15) is 0 Å². The summed E-state index contributed by atoms with van der Waals surface area (Å²) < 4.78 is 12.3. The first-order chi connectivity index (χ1) is 9.90. The molecule has 0 bridgehead atoms. The fourth-order valence-corrected chi connectivity index (χ4v) is 2.41. The summed E-state index contributed by atoms with van der Waals surface area (Å²) in [6.45, 7) is 3.50. The molecule has 0 spiro atoms. The molecule has 2 rings (SSSR count). The van der Waals surface area contributed by atoms with Gasteiger partial charge in [-0.3, -0.25) is 4.79 Å². The third-order valence-corrected chi connectivity index (χ3v) is 3.57. The fraction of sp³-hybridized carbons (Fsp3) is 0.429. The van der Waals surface area contributed by atoms with E-state index in [2.05, 4.69) is 4.98 Å². The maximum absolute atomic E-state index is 11.6. The molecule has 6 nitrogen and oxygen atoms in total. The van der Waals surface area contributed by atoms with E-state index in [1.807, 2.05) is 0 Å². The first-order valence-corrected chi connectivity index (χ1v) is 6.91. The molecule has 1 heterocycles. The van der Waals surface area contributed by atoms with Gasteiger partial charge >= 0.3 is 0 Å². The number of alkyl halides is 1. The number of carbonyl (C=O) groups is 1. The summed E-state index contributed by atoms with van der Waals surface area (Å²) >= 11 is 6.18. The number of aromatic nitrogens is 2. The molecule has 7 heteroatoms. The summed E-state index contributed by atoms with van der Waals surface area (Å²) in [4.78, 5) is 16.1. The van der Waals surface area contributed by atoms with Crippen molar-refractivity contribution in [3.8, 4) is 11.5 Å². The third kappa shape index (κ3) is 2.63. The number of rotatable bonds is 5. The minimum atomic E-state index is -0.565. The Balaban J connectivity index is 2.79. The van der Waals surface area contributed by atoms with Gasteiger partial charge in [-0.05, 0) is 13.8 Å². The predicted molar refractivity (Wildman–Crippen MR) is 81.0 cm³/mol. The number of benzene rings is 1. The van der Waals surface area contributed by atoms with E-state index in [0.717, 1.165) is 5.52 Å². The number of amides is 1. The summed E-state index contributed by atoms with van der Waals surface area (Å²) in [6.07, 6.45) is 0. The molecular formula is C14H18ClN3O3. The average molecular weight is 312 g/mol. The first-order valence-electron chi connectivity index (χ1n) is 6.48. The minimum Gasteiger partial charge on any atom is -0.493 e. The highest BCUT2D eigenvalue weighted by molar-refractivity contribution is 6.20. The molecular weight excluding hydrogens is 294 g/mol. The zero-order valence-corrected chi connectivity index (χ0v) is 13.1. The van der Waals surface area contributed by atoms with Gasteiger partial charge in [-0.1, -0.05) is 0 Å². The molecule has 21 heavy (non-hydrogen) atoms. The number of nitrogens with zero attached hydrogens (tertiary/aromatic N) is 2. The van der Waals surface area contributed by atoms with Crippen LogP contribution >= 0.6 is 11.6 Å². The topological polar surface area (TPSA) is 79.4 Å². The molecule has 1 aromatic carbocycles. The van der Waals surface area contributed by atoms with Gasteiger partial charge in [-0.15, -0.1) is 11.6 Å². The van der Waals surface area contributed by atoms with Crippen LogP contribution in [0.5, 0.6) is 11.5 Å². The van der Waals surface area contributed by atoms with Crippen LogP contribution in [0, 0.1) is 0 Å². The monoisotopic (exact) mass is 311 g/mol. The van der Waals surface area contributed by atoms with E-state index in [1.165, 1.54) is 0 Å². The lowest BCUT2D eigenvalue weighted by atomic mass is 10.2. The fourth-order valence-electron chi connectivity index (χ4n) is 2.26. The highest BCUT2D eigenvalue weighted by Gasteiger charge is 2.23. The Morgan fingerprint density at radius 3 is 2.33 bits per heavy atom. The normalized spacial score (nSPS) is 14.0. The summed E-state index contributed by atoms with van der Waals surface area (Å²) in [5.41, 5.74) is 6.82. The quantitative estimate of drug-likeness (QED) is 0.860. The van der Waals surface area contributed by atoms with E-state index in [-0.39, 0.29) is 5.38 Å². The number of imidazole rings is 1. The molecule has 0 aliphatic rings. The molecule has 0 aliphatic carbocycles. The van der Waals surface area contributed by atoms with Crippen molar-refractivity contribution in [2.75, 3.05) is 14.2 Å². The Morgan fingerprint density at radius 2 is 1.86 bits per heavy atom. The number of carbonyl (C=O) groups excluding carboxylic acids is 1. The Hall–Kier alpha value is -1.95. The van der Waals surface area contributed by atoms with Crippen LogP contribution in [0.2, 0.25) is 0 Å². The lowest BCUT2D eigenvalue weighted by Crippen LogP contribution is -2.25. The summed E-state index contributed by atoms with van der Waals surface area (Å²) in [7, 11) is 3.10. The van der Waals surface area contributed by atoms with Gasteiger partial charge in [0.25, 0.3) is 0 Å². The van der Waals surface area contributed by atoms with Crippen molar-refractivity contribution in [1.82, 2.24) is 9.55 Å². The van der Waals surface area contributed by atoms with E-state index in [0.29, 0.717) is 22.8 Å². The molecule has 1 amide bonds. The third-order valence-electron chi connectivity index (χ3n) is 3.38. The predicted octanol–water partition coefficient (Wildman–Crippen LogP) is 2.40. The standard InChI is InChI=1S/C14H18ClN3O3/c1-7(15)14-17-9-5-11(20-3)12(21-4)6-10(9)18(14)8(2)13(16)19/h5-8H,1-4H3,(H2,16,19). The van der Waals surface area contributed by atoms with E-state index >= 15 is 0 Å². The van der Waals surface area contributed by atoms with Crippen molar-refractivity contribution in [3.63, 3.8) is 0 Å². The van der Waals surface area contributed by atoms with Crippen LogP contribution in [0.3, 0.4) is 0 Å². The lowest BCUT2D eigenvalue weighted by Gasteiger charge is -2.16. The number of hydrogen-bond acceptors (Lipinski definition) is 4. The van der Waals surface area contributed by atoms with Crippen LogP contribution in [0.4, 0.5) is 0 Å². The maximum atomic E-state index is 11.6. The van der Waals surface area contributed by atoms with Gasteiger partial charge in [0.2, 0.25) is 5.91 Å². The number of primary amides is 1. The number of halogens is 1. The molecule has 0 fully saturated rings. The zero-order chi connectivity index (χ0) is 15.7. The maximum Gasteiger partial charge on any atom is 0.240 e. The van der Waals surface area contributed by atoms with Gasteiger partial charge in [0.1, 0.15) is 11.9 Å². The van der Waals surface area contributed by atoms with Crippen molar-refractivity contribution >= 4 is 28.5 Å². The van der Waals surface area contributed by atoms with Crippen molar-refractivity contribution in [2.24, 2.45) is 5.73 Å². The second kappa shape index (κ2) is 5.81. The van der Waals surface area contributed by atoms with E-state index in [9.17, 15) is 4.79 Å². The molecule has 2 unspecified atom stereocenters. The van der Waals surface area contributed by atoms with Gasteiger partial charge in [0, 0.05) is 12.1 Å². The average Bonchev–Trinajstić information content (AvgIpc) is 2.82. The van der Waals surface area contributed by atoms with Gasteiger partial charge in [0.15, 0.2) is 11.5 Å². The van der Waals surface area contributed by atoms with Crippen LogP contribution in [0.25, 0.3) is 11.0 Å². The van der Waals surface area contributed by atoms with Crippen LogP contribution in [0.1, 0.15) is 31.1 Å². The SMILES string of the molecule is COc1cc2nc(C(C)Cl)n(C(C)C(N)=O)c2cc1OC. The summed E-state index contributed by atoms with van der Waals surface area (Å²) in [6, 6.07) is 2.95. The van der Waals surface area contributed by atoms with Crippen molar-refractivity contribution in [1.29, 1.82) is 0 Å². The molecule has 2 aromatic rings. The van der Waals surface area contributed by atoms with Crippen LogP contribution in [-0.4, -0.2) is 29.7 Å². The number of fused-ring (bicyclic) bond motifs is 1. The Bertz CT molecular complexity index is 682. The van der Waals surface area contributed by atoms with E-state index < -0.39 is 11.9 Å². The Morgan fingerprint density at radius 1 is 1.29 bits per heavy atom. The molecule has 1 aromatic heterocycles. The van der Waals surface area contributed by atoms with Crippen LogP contribution < -0.4 is 15.2 Å². The first kappa shape index (κ1) is 15.4. The second-order valence-corrected chi connectivity index (χ2v) is 5.38. The van der Waals surface area contributed by atoms with Crippen molar-refractivity contribution in [3.05, 3.63) is 18.0 Å². The van der Waals surface area contributed by atoms with E-state index in [4.69, 9.17) is 26.8 Å². The largest absolute Gasteiger partial charge is 0.493 e. The molecule has 0 saturated heterocycles. The molecule has 0 aliphatic heterocycles. The molecule has 0 radical (unpaired) electrons. The number of hydrogen-bond donors (Lipinski definition) is 1. The highest BCUT2D eigenvalue weighted by Crippen LogP contribution is 2.35. The molecule has 2 atom stereocenters. The van der Waals surface area contributed by atoms with Crippen molar-refractivity contribution < 1.29 is 14.3 Å². The minimum absolute atomic E-state index is 0.365. The molecule has 114 valence electrons. The second-order valence-electron chi connectivity index (χ2n) is 4.73. The number of ether oxygens (including phenoxy) is 2. The molecule has 0 saturated carbocycles. The van der Waals surface area contributed by atoms with Gasteiger partial charge in [0.05, 0.1) is 30.6 Å². The lowest BCUT2D eigenvalue weighted by molar-refractivity contribution is -0.120.